The van der Waals surface area contributed by atoms with Crippen LogP contribution in [0, 0.1) is 11.7 Å². The average molecular weight is 408 g/mol. The lowest BCUT2D eigenvalue weighted by Crippen LogP contribution is -3.14. The van der Waals surface area contributed by atoms with Crippen LogP contribution in [-0.2, 0) is 25.7 Å². The molecule has 0 bridgehead atoms. The van der Waals surface area contributed by atoms with Crippen molar-refractivity contribution in [3.8, 4) is 0 Å². The lowest BCUT2D eigenvalue weighted by Gasteiger charge is -2.29. The quantitative estimate of drug-likeness (QED) is 0.570. The largest absolute Gasteiger partial charge is 0.466 e. The number of piperidine rings is 1. The topological polar surface area (TPSA) is 80.2 Å². The Morgan fingerprint density at radius 3 is 2.41 bits per heavy atom. The molecule has 0 atom stereocenters. The number of likely N-dealkylation sites (N-methyl/N-ethyl adjacent to an activating group) is 1. The van der Waals surface area contributed by atoms with E-state index in [1.54, 1.807) is 19.1 Å². The number of hydrogen-bond donors (Lipinski definition) is 2. The van der Waals surface area contributed by atoms with Gasteiger partial charge in [0.2, 0.25) is 5.91 Å². The molecule has 160 valence electrons. The first kappa shape index (κ1) is 22.8. The lowest BCUT2D eigenvalue weighted by molar-refractivity contribution is -0.898. The molecule has 0 unspecified atom stereocenters. The number of halogens is 1. The third kappa shape index (κ3) is 7.45. The molecule has 1 aliphatic heterocycles. The summed E-state index contributed by atoms with van der Waals surface area (Å²) < 4.78 is 18.0. The predicted molar refractivity (Wildman–Crippen MR) is 105 cm³/mol. The molecule has 0 aliphatic carbocycles. The van der Waals surface area contributed by atoms with Crippen molar-refractivity contribution in [1.82, 2.24) is 10.2 Å². The number of hydrogen-bond acceptors (Lipinski definition) is 4. The molecule has 1 fully saturated rings. The smallest absolute Gasteiger partial charge is 0.309 e. The second kappa shape index (κ2) is 11.5. The monoisotopic (exact) mass is 408 g/mol. The molecule has 1 aromatic carbocycles. The fourth-order valence-electron chi connectivity index (χ4n) is 3.43. The van der Waals surface area contributed by atoms with E-state index in [1.807, 2.05) is 6.92 Å². The molecule has 2 amide bonds. The molecule has 0 radical (unpaired) electrons. The van der Waals surface area contributed by atoms with Crippen molar-refractivity contribution in [2.24, 2.45) is 5.92 Å². The standard InChI is InChI=1S/C21H30FN3O4/c1-3-25(14-19(26)23-13-16-5-7-18(22)8-6-16)20(27)15-24-11-9-17(10-12-24)21(28)29-4-2/h5-8,17H,3-4,9-15H2,1-2H3,(H,23,26)/p+1. The van der Waals surface area contributed by atoms with Crippen molar-refractivity contribution < 1.29 is 28.4 Å². The number of ether oxygens (including phenoxy) is 1. The molecule has 2 N–H and O–H groups in total. The van der Waals surface area contributed by atoms with Crippen LogP contribution in [-0.4, -0.2) is 62.0 Å². The molecule has 0 aromatic heterocycles. The highest BCUT2D eigenvalue weighted by molar-refractivity contribution is 5.85. The summed E-state index contributed by atoms with van der Waals surface area (Å²) in [5.74, 6) is -0.870. The number of quaternary nitrogens is 1. The SMILES string of the molecule is CCOC(=O)C1CC[NH+](CC(=O)N(CC)CC(=O)NCc2ccc(F)cc2)CC1. The van der Waals surface area contributed by atoms with Gasteiger partial charge >= 0.3 is 5.97 Å². The van der Waals surface area contributed by atoms with Crippen molar-refractivity contribution >= 4 is 17.8 Å². The maximum absolute atomic E-state index is 12.9. The van der Waals surface area contributed by atoms with Crippen molar-refractivity contribution in [1.29, 1.82) is 0 Å². The van der Waals surface area contributed by atoms with E-state index in [1.165, 1.54) is 17.0 Å². The van der Waals surface area contributed by atoms with E-state index >= 15 is 0 Å². The average Bonchev–Trinajstić information content (AvgIpc) is 2.72. The number of amides is 2. The summed E-state index contributed by atoms with van der Waals surface area (Å²) in [5.41, 5.74) is 0.794. The van der Waals surface area contributed by atoms with Crippen molar-refractivity contribution in [2.45, 2.75) is 33.2 Å². The van der Waals surface area contributed by atoms with Gasteiger partial charge in [0.25, 0.3) is 5.91 Å². The fourth-order valence-corrected chi connectivity index (χ4v) is 3.43. The van der Waals surface area contributed by atoms with E-state index in [4.69, 9.17) is 4.74 Å². The summed E-state index contributed by atoms with van der Waals surface area (Å²) in [4.78, 5) is 39.3. The number of benzene rings is 1. The molecule has 1 saturated heterocycles. The molecular formula is C21H31FN3O4+. The minimum absolute atomic E-state index is 0.00470. The number of rotatable bonds is 9. The number of esters is 1. The van der Waals surface area contributed by atoms with E-state index in [0.717, 1.165) is 23.6 Å². The first-order chi connectivity index (χ1) is 13.9. The molecule has 2 rings (SSSR count). The molecule has 0 spiro atoms. The van der Waals surface area contributed by atoms with Crippen LogP contribution < -0.4 is 10.2 Å². The highest BCUT2D eigenvalue weighted by Gasteiger charge is 2.30. The molecule has 29 heavy (non-hydrogen) atoms. The Hall–Kier alpha value is -2.48. The summed E-state index contributed by atoms with van der Waals surface area (Å²) in [6.07, 6.45) is 1.43. The Balaban J connectivity index is 1.74. The van der Waals surface area contributed by atoms with Gasteiger partial charge in [-0.25, -0.2) is 4.39 Å². The zero-order valence-electron chi connectivity index (χ0n) is 17.2. The van der Waals surface area contributed by atoms with Gasteiger partial charge in [0.05, 0.1) is 32.2 Å². The summed E-state index contributed by atoms with van der Waals surface area (Å²) in [6, 6.07) is 5.91. The molecule has 7 nitrogen and oxygen atoms in total. The minimum Gasteiger partial charge on any atom is -0.466 e. The van der Waals surface area contributed by atoms with E-state index in [-0.39, 0.29) is 42.6 Å². The van der Waals surface area contributed by atoms with Gasteiger partial charge in [0, 0.05) is 25.9 Å². The minimum atomic E-state index is -0.323. The van der Waals surface area contributed by atoms with Crippen LogP contribution >= 0.6 is 0 Å². The zero-order chi connectivity index (χ0) is 21.2. The Morgan fingerprint density at radius 2 is 1.83 bits per heavy atom. The highest BCUT2D eigenvalue weighted by atomic mass is 19.1. The Bertz CT molecular complexity index is 688. The van der Waals surface area contributed by atoms with Gasteiger partial charge in [-0.3, -0.25) is 14.4 Å². The van der Waals surface area contributed by atoms with E-state index in [0.29, 0.717) is 32.5 Å². The van der Waals surface area contributed by atoms with Gasteiger partial charge in [-0.05, 0) is 31.5 Å². The van der Waals surface area contributed by atoms with Crippen molar-refractivity contribution in [3.05, 3.63) is 35.6 Å². The molecule has 1 heterocycles. The van der Waals surface area contributed by atoms with Crippen molar-refractivity contribution in [3.63, 3.8) is 0 Å². The van der Waals surface area contributed by atoms with Crippen LogP contribution in [0.5, 0.6) is 0 Å². The van der Waals surface area contributed by atoms with Gasteiger partial charge in [-0.2, -0.15) is 0 Å². The van der Waals surface area contributed by atoms with Crippen LogP contribution in [0.15, 0.2) is 24.3 Å². The van der Waals surface area contributed by atoms with E-state index in [9.17, 15) is 18.8 Å². The number of carbonyl (C=O) groups excluding carboxylic acids is 3. The Labute approximate surface area is 171 Å². The fraction of sp³-hybridized carbons (Fsp3) is 0.571. The highest BCUT2D eigenvalue weighted by Crippen LogP contribution is 2.11. The first-order valence-corrected chi connectivity index (χ1v) is 10.2. The molecule has 8 heteroatoms. The first-order valence-electron chi connectivity index (χ1n) is 10.2. The maximum atomic E-state index is 12.9. The molecule has 1 aromatic rings. The second-order valence-electron chi connectivity index (χ2n) is 7.26. The van der Waals surface area contributed by atoms with Gasteiger partial charge in [-0.1, -0.05) is 12.1 Å². The van der Waals surface area contributed by atoms with Crippen LogP contribution in [0.4, 0.5) is 4.39 Å². The van der Waals surface area contributed by atoms with Gasteiger partial charge in [0.15, 0.2) is 6.54 Å². The Morgan fingerprint density at radius 1 is 1.17 bits per heavy atom. The van der Waals surface area contributed by atoms with Gasteiger partial charge in [0.1, 0.15) is 5.82 Å². The second-order valence-corrected chi connectivity index (χ2v) is 7.26. The summed E-state index contributed by atoms with van der Waals surface area (Å²) in [6.45, 7) is 6.55. The normalized spacial score (nSPS) is 18.7. The van der Waals surface area contributed by atoms with E-state index in [2.05, 4.69) is 5.32 Å². The van der Waals surface area contributed by atoms with Crippen LogP contribution in [0.3, 0.4) is 0 Å². The number of carbonyl (C=O) groups is 3. The third-order valence-electron chi connectivity index (χ3n) is 5.19. The maximum Gasteiger partial charge on any atom is 0.309 e. The van der Waals surface area contributed by atoms with Crippen LogP contribution in [0.1, 0.15) is 32.3 Å². The van der Waals surface area contributed by atoms with E-state index < -0.39 is 0 Å². The Kier molecular flexibility index (Phi) is 9.05. The van der Waals surface area contributed by atoms with Crippen molar-refractivity contribution in [2.75, 3.05) is 39.3 Å². The van der Waals surface area contributed by atoms with Gasteiger partial charge in [-0.15, -0.1) is 0 Å². The number of nitrogens with one attached hydrogen (secondary N) is 2. The van der Waals surface area contributed by atoms with Gasteiger partial charge < -0.3 is 19.9 Å². The lowest BCUT2D eigenvalue weighted by atomic mass is 9.97. The summed E-state index contributed by atoms with van der Waals surface area (Å²) >= 11 is 0. The molecule has 1 aliphatic rings. The molecule has 0 saturated carbocycles. The third-order valence-corrected chi connectivity index (χ3v) is 5.19. The van der Waals surface area contributed by atoms with Crippen LogP contribution in [0.2, 0.25) is 0 Å². The van der Waals surface area contributed by atoms with Crippen LogP contribution in [0.25, 0.3) is 0 Å². The summed E-state index contributed by atoms with van der Waals surface area (Å²) in [7, 11) is 0. The number of likely N-dealkylation sites (tertiary alicyclic amines) is 1. The predicted octanol–water partition coefficient (Wildman–Crippen LogP) is 0.148. The number of nitrogens with zero attached hydrogens (tertiary/aromatic N) is 1. The molecular weight excluding hydrogens is 377 g/mol. The zero-order valence-corrected chi connectivity index (χ0v) is 17.2. The summed E-state index contributed by atoms with van der Waals surface area (Å²) in [5, 5.41) is 2.76.